The number of rotatable bonds is 9. The van der Waals surface area contributed by atoms with Gasteiger partial charge in [-0.05, 0) is 24.1 Å². The summed E-state index contributed by atoms with van der Waals surface area (Å²) in [5.74, 6) is 0.209. The lowest BCUT2D eigenvalue weighted by Gasteiger charge is -2.14. The van der Waals surface area contributed by atoms with Crippen molar-refractivity contribution in [1.82, 2.24) is 0 Å². The Morgan fingerprint density at radius 2 is 2.24 bits per heavy atom. The second-order valence-corrected chi connectivity index (χ2v) is 13.4. The Hall–Kier alpha value is 0.780. The molecule has 0 rings (SSSR count). The van der Waals surface area contributed by atoms with Crippen LogP contribution in [0.4, 0.5) is 0 Å². The van der Waals surface area contributed by atoms with Crippen molar-refractivity contribution in [3.63, 3.8) is 0 Å². The summed E-state index contributed by atoms with van der Waals surface area (Å²) in [6, 6.07) is 0. The summed E-state index contributed by atoms with van der Waals surface area (Å²) in [7, 11) is 0. The van der Waals surface area contributed by atoms with Crippen molar-refractivity contribution in [2.75, 3.05) is 12.4 Å². The summed E-state index contributed by atoms with van der Waals surface area (Å²) < 4.78 is 2.51. The molecule has 102 valence electrons. The van der Waals surface area contributed by atoms with E-state index in [1.54, 1.807) is 0 Å². The summed E-state index contributed by atoms with van der Waals surface area (Å²) in [4.78, 5) is 20.6. The lowest BCUT2D eigenvalue weighted by atomic mass is 10.0. The van der Waals surface area contributed by atoms with Crippen LogP contribution in [0.25, 0.3) is 0 Å². The van der Waals surface area contributed by atoms with E-state index in [2.05, 4.69) is 26.1 Å². The van der Waals surface area contributed by atoms with Gasteiger partial charge in [0.15, 0.2) is 4.67 Å². The third kappa shape index (κ3) is 11.6. The molecule has 0 saturated carbocycles. The third-order valence-corrected chi connectivity index (χ3v) is 6.46. The smallest absolute Gasteiger partial charge is 0.316 e. The van der Waals surface area contributed by atoms with E-state index in [0.29, 0.717) is 12.5 Å². The molecule has 0 aromatic carbocycles. The van der Waals surface area contributed by atoms with Crippen LogP contribution in [0.3, 0.4) is 0 Å². The van der Waals surface area contributed by atoms with Crippen LogP contribution in [0.5, 0.6) is 0 Å². The summed E-state index contributed by atoms with van der Waals surface area (Å²) in [5, 5.41) is 0. The van der Waals surface area contributed by atoms with Crippen LogP contribution < -0.4 is 0 Å². The number of esters is 1. The van der Waals surface area contributed by atoms with Crippen molar-refractivity contribution in [3.8, 4) is 0 Å². The Morgan fingerprint density at radius 1 is 1.59 bits per heavy atom. The van der Waals surface area contributed by atoms with Crippen molar-refractivity contribution >= 4 is 46.1 Å². The first-order valence-corrected chi connectivity index (χ1v) is 11.2. The first kappa shape index (κ1) is 17.8. The highest BCUT2D eigenvalue weighted by molar-refractivity contribution is 8.95. The van der Waals surface area contributed by atoms with Gasteiger partial charge in [0.05, 0.1) is 12.4 Å². The molecule has 7 heteroatoms. The van der Waals surface area contributed by atoms with Gasteiger partial charge >= 0.3 is 5.97 Å². The zero-order valence-corrected chi connectivity index (χ0v) is 13.7. The molecule has 0 aromatic rings. The Kier molecular flexibility index (Phi) is 10.1. The number of hydrogen-bond acceptors (Lipinski definition) is 4. The van der Waals surface area contributed by atoms with Crippen LogP contribution in [-0.4, -0.2) is 23.2 Å². The molecule has 2 unspecified atom stereocenters. The minimum absolute atomic E-state index is 0.0848. The van der Waals surface area contributed by atoms with E-state index in [-0.39, 0.29) is 11.7 Å². The van der Waals surface area contributed by atoms with Crippen molar-refractivity contribution in [1.29, 1.82) is 0 Å². The van der Waals surface area contributed by atoms with E-state index in [9.17, 15) is 9.69 Å². The van der Waals surface area contributed by atoms with Gasteiger partial charge in [-0.25, -0.2) is 0 Å². The standard InChI is InChI=1S/C10H21O3PS3/c1-3-5-6-9(4-2)7-13-10(11)8-17-14(12,15)16/h9H,3-8H2,1-2H3,(H2,12,15,16). The van der Waals surface area contributed by atoms with E-state index in [0.717, 1.165) is 30.6 Å². The van der Waals surface area contributed by atoms with E-state index < -0.39 is 4.67 Å². The minimum Gasteiger partial charge on any atom is -0.465 e. The molecular formula is C10H21O3PS3. The topological polar surface area (TPSA) is 46.5 Å². The van der Waals surface area contributed by atoms with Gasteiger partial charge in [0.25, 0.3) is 0 Å². The maximum atomic E-state index is 11.4. The summed E-state index contributed by atoms with van der Waals surface area (Å²) in [6.45, 7) is 4.72. The first-order chi connectivity index (χ1) is 7.89. The fraction of sp³-hybridized carbons (Fsp3) is 0.900. The molecule has 0 fully saturated rings. The maximum absolute atomic E-state index is 11.4. The van der Waals surface area contributed by atoms with E-state index in [1.165, 1.54) is 6.42 Å². The average Bonchev–Trinajstić information content (AvgIpc) is 2.25. The molecule has 0 aliphatic carbocycles. The van der Waals surface area contributed by atoms with Crippen molar-refractivity contribution in [2.45, 2.75) is 39.5 Å². The Bertz CT molecular complexity index is 268. The Morgan fingerprint density at radius 3 is 2.71 bits per heavy atom. The Labute approximate surface area is 118 Å². The highest BCUT2D eigenvalue weighted by Gasteiger charge is 2.13. The third-order valence-electron chi connectivity index (χ3n) is 2.37. The number of thiol groups is 1. The number of unbranched alkanes of at least 4 members (excludes halogenated alkanes) is 1. The van der Waals surface area contributed by atoms with Crippen LogP contribution in [0.1, 0.15) is 39.5 Å². The number of hydrogen-bond donors (Lipinski definition) is 2. The molecule has 3 nitrogen and oxygen atoms in total. The first-order valence-electron chi connectivity index (χ1n) is 5.74. The molecular weight excluding hydrogens is 295 g/mol. The van der Waals surface area contributed by atoms with Crippen molar-refractivity contribution in [2.24, 2.45) is 5.92 Å². The molecule has 2 atom stereocenters. The highest BCUT2D eigenvalue weighted by atomic mass is 33.2. The number of carbonyl (C=O) groups excluding carboxylic acids is 1. The molecule has 0 amide bonds. The second-order valence-electron chi connectivity index (χ2n) is 3.86. The van der Waals surface area contributed by atoms with Crippen molar-refractivity contribution in [3.05, 3.63) is 0 Å². The van der Waals surface area contributed by atoms with E-state index in [4.69, 9.17) is 16.5 Å². The van der Waals surface area contributed by atoms with E-state index in [1.807, 2.05) is 0 Å². The van der Waals surface area contributed by atoms with Crippen LogP contribution >= 0.6 is 28.3 Å². The van der Waals surface area contributed by atoms with Gasteiger partial charge in [-0.1, -0.05) is 44.5 Å². The normalized spacial score (nSPS) is 16.2. The van der Waals surface area contributed by atoms with Gasteiger partial charge in [-0.2, -0.15) is 0 Å². The molecule has 0 radical (unpaired) electrons. The molecule has 0 spiro atoms. The quantitative estimate of drug-likeness (QED) is 0.386. The predicted octanol–water partition coefficient (Wildman–Crippen LogP) is 3.63. The Balaban J connectivity index is 3.77. The van der Waals surface area contributed by atoms with Gasteiger partial charge in [-0.3, -0.25) is 4.79 Å². The molecule has 0 saturated heterocycles. The van der Waals surface area contributed by atoms with Gasteiger partial charge in [0.1, 0.15) is 0 Å². The van der Waals surface area contributed by atoms with Gasteiger partial charge in [0, 0.05) is 0 Å². The van der Waals surface area contributed by atoms with Gasteiger partial charge < -0.3 is 9.63 Å². The lowest BCUT2D eigenvalue weighted by molar-refractivity contribution is -0.141. The fourth-order valence-corrected chi connectivity index (χ4v) is 3.46. The van der Waals surface area contributed by atoms with Crippen LogP contribution in [-0.2, 0) is 21.3 Å². The van der Waals surface area contributed by atoms with Gasteiger partial charge in [-0.15, -0.1) is 12.2 Å². The molecule has 0 aliphatic heterocycles. The largest absolute Gasteiger partial charge is 0.465 e. The summed E-state index contributed by atoms with van der Waals surface area (Å²) in [6.07, 6.45) is 4.44. The maximum Gasteiger partial charge on any atom is 0.316 e. The summed E-state index contributed by atoms with van der Waals surface area (Å²) >= 11 is 9.53. The minimum atomic E-state index is -2.65. The van der Waals surface area contributed by atoms with E-state index >= 15 is 0 Å². The zero-order valence-electron chi connectivity index (χ0n) is 10.3. The van der Waals surface area contributed by atoms with Crippen molar-refractivity contribution < 1.29 is 14.4 Å². The second kappa shape index (κ2) is 9.68. The SMILES string of the molecule is CCCCC(CC)COC(=O)CSP(O)(=S)S. The predicted molar refractivity (Wildman–Crippen MR) is 82.2 cm³/mol. The zero-order chi connectivity index (χ0) is 13.3. The molecule has 0 bridgehead atoms. The molecule has 0 heterocycles. The van der Waals surface area contributed by atoms with Crippen LogP contribution in [0, 0.1) is 5.92 Å². The molecule has 17 heavy (non-hydrogen) atoms. The van der Waals surface area contributed by atoms with Crippen LogP contribution in [0.2, 0.25) is 0 Å². The highest BCUT2D eigenvalue weighted by Crippen LogP contribution is 2.59. The molecule has 1 N–H and O–H groups in total. The fourth-order valence-electron chi connectivity index (χ4n) is 1.29. The average molecular weight is 316 g/mol. The van der Waals surface area contributed by atoms with Gasteiger partial charge in [0.2, 0.25) is 0 Å². The summed E-state index contributed by atoms with van der Waals surface area (Å²) in [5.41, 5.74) is 0. The number of carbonyl (C=O) groups is 1. The molecule has 0 aromatic heterocycles. The number of ether oxygens (including phenoxy) is 1. The monoisotopic (exact) mass is 316 g/mol. The molecule has 0 aliphatic rings. The van der Waals surface area contributed by atoms with Crippen LogP contribution in [0.15, 0.2) is 0 Å². The lowest BCUT2D eigenvalue weighted by Crippen LogP contribution is -2.15.